The molecule has 0 radical (unpaired) electrons. The van der Waals surface area contributed by atoms with Gasteiger partial charge in [0.15, 0.2) is 5.88 Å². The molecule has 6 nitrogen and oxygen atoms in total. The van der Waals surface area contributed by atoms with Gasteiger partial charge < -0.3 is 0 Å². The first-order valence-corrected chi connectivity index (χ1v) is 9.92. The van der Waals surface area contributed by atoms with Crippen LogP contribution < -0.4 is 4.31 Å². The highest BCUT2D eigenvalue weighted by atomic mass is 32.2. The van der Waals surface area contributed by atoms with Crippen molar-refractivity contribution in [2.45, 2.75) is 27.2 Å². The monoisotopic (exact) mass is 335 g/mol. The molecule has 0 aliphatic rings. The van der Waals surface area contributed by atoms with E-state index in [0.29, 0.717) is 23.2 Å². The predicted octanol–water partition coefficient (Wildman–Crippen LogP) is 1.78. The molecule has 21 heavy (non-hydrogen) atoms. The van der Waals surface area contributed by atoms with Crippen molar-refractivity contribution in [3.8, 4) is 0 Å². The molecule has 0 N–H and O–H groups in total. The standard InChI is InChI=1S/C13H21NO5S2/c1-5-9-19-21(17,18)10-14(20(4,15)16)13-11(2)7-6-8-12(13)3/h6-8H,5,9-10H2,1-4H3. The molecule has 0 aliphatic carbocycles. The molecule has 1 aromatic carbocycles. The summed E-state index contributed by atoms with van der Waals surface area (Å²) < 4.78 is 53.5. The van der Waals surface area contributed by atoms with E-state index in [-0.39, 0.29) is 6.61 Å². The Labute approximate surface area is 126 Å². The number of aryl methyl sites for hydroxylation is 2. The highest BCUT2D eigenvalue weighted by Gasteiger charge is 2.27. The molecule has 0 amide bonds. The molecule has 0 bridgehead atoms. The number of sulfonamides is 1. The summed E-state index contributed by atoms with van der Waals surface area (Å²) in [5.74, 6) is -0.725. The van der Waals surface area contributed by atoms with Crippen molar-refractivity contribution in [3.05, 3.63) is 29.3 Å². The minimum absolute atomic E-state index is 0.0344. The molecule has 0 spiro atoms. The van der Waals surface area contributed by atoms with Crippen LogP contribution in [0.5, 0.6) is 0 Å². The van der Waals surface area contributed by atoms with Crippen LogP contribution in [0, 0.1) is 13.8 Å². The summed E-state index contributed by atoms with van der Waals surface area (Å²) in [6.07, 6.45) is 1.51. The summed E-state index contributed by atoms with van der Waals surface area (Å²) >= 11 is 0. The second-order valence-electron chi connectivity index (χ2n) is 4.86. The van der Waals surface area contributed by atoms with E-state index in [9.17, 15) is 16.8 Å². The zero-order valence-corrected chi connectivity index (χ0v) is 14.3. The average molecular weight is 335 g/mol. The molecule has 0 unspecified atom stereocenters. The topological polar surface area (TPSA) is 80.8 Å². The summed E-state index contributed by atoms with van der Waals surface area (Å²) in [6.45, 7) is 5.28. The van der Waals surface area contributed by atoms with Gasteiger partial charge in [0.05, 0.1) is 18.6 Å². The Morgan fingerprint density at radius 1 is 1.10 bits per heavy atom. The van der Waals surface area contributed by atoms with Crippen LogP contribution in [0.3, 0.4) is 0 Å². The molecule has 0 aromatic heterocycles. The fourth-order valence-electron chi connectivity index (χ4n) is 1.92. The van der Waals surface area contributed by atoms with Gasteiger partial charge in [0.1, 0.15) is 0 Å². The second-order valence-corrected chi connectivity index (χ2v) is 8.38. The van der Waals surface area contributed by atoms with Gasteiger partial charge in [-0.1, -0.05) is 25.1 Å². The minimum atomic E-state index is -3.96. The molecule has 1 aromatic rings. The van der Waals surface area contributed by atoms with Gasteiger partial charge in [-0.15, -0.1) is 0 Å². The van der Waals surface area contributed by atoms with Gasteiger partial charge in [0.2, 0.25) is 10.0 Å². The van der Waals surface area contributed by atoms with Crippen molar-refractivity contribution < 1.29 is 21.0 Å². The fraction of sp³-hybridized carbons (Fsp3) is 0.538. The Hall–Kier alpha value is -1.12. The molecular weight excluding hydrogens is 314 g/mol. The Kier molecular flexibility index (Phi) is 5.77. The van der Waals surface area contributed by atoms with E-state index in [1.165, 1.54) is 0 Å². The largest absolute Gasteiger partial charge is 0.286 e. The Morgan fingerprint density at radius 2 is 1.62 bits per heavy atom. The summed E-state index contributed by atoms with van der Waals surface area (Å²) in [6, 6.07) is 5.26. The molecule has 1 rings (SSSR count). The molecule has 0 saturated heterocycles. The highest BCUT2D eigenvalue weighted by Crippen LogP contribution is 2.27. The molecule has 0 fully saturated rings. The number of hydrogen-bond acceptors (Lipinski definition) is 5. The van der Waals surface area contributed by atoms with Crippen LogP contribution in [0.15, 0.2) is 18.2 Å². The predicted molar refractivity (Wildman–Crippen MR) is 83.3 cm³/mol. The summed E-state index contributed by atoms with van der Waals surface area (Å²) in [4.78, 5) is 0. The SMILES string of the molecule is CCCOS(=O)(=O)CN(c1c(C)cccc1C)S(C)(=O)=O. The van der Waals surface area contributed by atoms with Crippen molar-refractivity contribution in [1.29, 1.82) is 0 Å². The van der Waals surface area contributed by atoms with Crippen LogP contribution in [0.1, 0.15) is 24.5 Å². The maximum atomic E-state index is 12.0. The third kappa shape index (κ3) is 4.98. The van der Waals surface area contributed by atoms with Crippen LogP contribution in [0.4, 0.5) is 5.69 Å². The molecule has 0 atom stereocenters. The first-order valence-electron chi connectivity index (χ1n) is 6.49. The summed E-state index contributed by atoms with van der Waals surface area (Å²) in [5, 5.41) is 0. The lowest BCUT2D eigenvalue weighted by molar-refractivity contribution is 0.318. The van der Waals surface area contributed by atoms with Crippen LogP contribution in [0.2, 0.25) is 0 Å². The summed E-state index contributed by atoms with van der Waals surface area (Å²) in [7, 11) is -7.71. The number of nitrogens with zero attached hydrogens (tertiary/aromatic N) is 1. The van der Waals surface area contributed by atoms with E-state index in [4.69, 9.17) is 4.18 Å². The van der Waals surface area contributed by atoms with Crippen LogP contribution in [-0.2, 0) is 24.3 Å². The lowest BCUT2D eigenvalue weighted by atomic mass is 10.1. The summed E-state index contributed by atoms with van der Waals surface area (Å²) in [5.41, 5.74) is 1.75. The highest BCUT2D eigenvalue weighted by molar-refractivity contribution is 7.94. The van der Waals surface area contributed by atoms with Crippen molar-refractivity contribution in [3.63, 3.8) is 0 Å². The first-order chi connectivity index (χ1) is 9.58. The van der Waals surface area contributed by atoms with E-state index in [1.807, 2.05) is 0 Å². The van der Waals surface area contributed by atoms with Crippen LogP contribution in [-0.4, -0.2) is 35.6 Å². The van der Waals surface area contributed by atoms with Crippen molar-refractivity contribution in [2.75, 3.05) is 23.0 Å². The normalized spacial score (nSPS) is 12.4. The van der Waals surface area contributed by atoms with E-state index < -0.39 is 26.0 Å². The third-order valence-corrected chi connectivity index (χ3v) is 5.21. The van der Waals surface area contributed by atoms with Crippen molar-refractivity contribution in [1.82, 2.24) is 0 Å². The maximum absolute atomic E-state index is 12.0. The molecule has 120 valence electrons. The lowest BCUT2D eigenvalue weighted by Gasteiger charge is -2.25. The number of hydrogen-bond donors (Lipinski definition) is 0. The number of anilines is 1. The van der Waals surface area contributed by atoms with E-state index in [1.54, 1.807) is 39.0 Å². The van der Waals surface area contributed by atoms with Gasteiger partial charge in [-0.2, -0.15) is 8.42 Å². The smallest absolute Gasteiger partial charge is 0.269 e. The number of benzene rings is 1. The van der Waals surface area contributed by atoms with Gasteiger partial charge in [-0.3, -0.25) is 8.49 Å². The van der Waals surface area contributed by atoms with Crippen LogP contribution >= 0.6 is 0 Å². The zero-order valence-electron chi connectivity index (χ0n) is 12.7. The lowest BCUT2D eigenvalue weighted by Crippen LogP contribution is -2.36. The average Bonchev–Trinajstić information content (AvgIpc) is 2.34. The fourth-order valence-corrected chi connectivity index (χ4v) is 4.60. The minimum Gasteiger partial charge on any atom is -0.269 e. The van der Waals surface area contributed by atoms with Gasteiger partial charge in [0, 0.05) is 0 Å². The first kappa shape index (κ1) is 17.9. The van der Waals surface area contributed by atoms with E-state index >= 15 is 0 Å². The molecule has 0 heterocycles. The Balaban J connectivity index is 3.27. The molecular formula is C13H21NO5S2. The quantitative estimate of drug-likeness (QED) is 0.710. The molecule has 0 saturated carbocycles. The zero-order chi connectivity index (χ0) is 16.3. The van der Waals surface area contributed by atoms with Gasteiger partial charge in [-0.25, -0.2) is 8.42 Å². The Morgan fingerprint density at radius 3 is 2.05 bits per heavy atom. The van der Waals surface area contributed by atoms with Gasteiger partial charge in [0.25, 0.3) is 10.1 Å². The molecule has 8 heteroatoms. The van der Waals surface area contributed by atoms with E-state index in [0.717, 1.165) is 10.6 Å². The maximum Gasteiger partial charge on any atom is 0.286 e. The van der Waals surface area contributed by atoms with E-state index in [2.05, 4.69) is 0 Å². The van der Waals surface area contributed by atoms with Crippen molar-refractivity contribution >= 4 is 25.8 Å². The van der Waals surface area contributed by atoms with Crippen molar-refractivity contribution in [2.24, 2.45) is 0 Å². The number of para-hydroxylation sites is 1. The third-order valence-electron chi connectivity index (χ3n) is 2.83. The van der Waals surface area contributed by atoms with Gasteiger partial charge in [-0.05, 0) is 31.4 Å². The molecule has 0 aliphatic heterocycles. The number of rotatable bonds is 7. The van der Waals surface area contributed by atoms with Crippen LogP contribution in [0.25, 0.3) is 0 Å². The Bertz CT molecular complexity index is 675. The second kappa shape index (κ2) is 6.76. The van der Waals surface area contributed by atoms with Gasteiger partial charge >= 0.3 is 0 Å².